The summed E-state index contributed by atoms with van der Waals surface area (Å²) in [6.07, 6.45) is 4.40. The second-order valence-electron chi connectivity index (χ2n) is 6.88. The molecule has 0 spiro atoms. The molecule has 1 aliphatic heterocycles. The van der Waals surface area contributed by atoms with Gasteiger partial charge in [0.25, 0.3) is 5.89 Å². The fourth-order valence-electron chi connectivity index (χ4n) is 3.27. The minimum absolute atomic E-state index is 0.0596. The van der Waals surface area contributed by atoms with Gasteiger partial charge in [-0.05, 0) is 56.0 Å². The van der Waals surface area contributed by atoms with Crippen LogP contribution in [0.15, 0.2) is 50.5 Å². The van der Waals surface area contributed by atoms with Gasteiger partial charge in [0.2, 0.25) is 15.9 Å². The third-order valence-electron chi connectivity index (χ3n) is 5.13. The third-order valence-corrected chi connectivity index (χ3v) is 7.02. The Bertz CT molecular complexity index is 1030. The minimum Gasteiger partial charge on any atom is -0.472 e. The number of hydrogen-bond acceptors (Lipinski definition) is 6. The van der Waals surface area contributed by atoms with Gasteiger partial charge in [0, 0.05) is 19.0 Å². The van der Waals surface area contributed by atoms with Gasteiger partial charge < -0.3 is 8.83 Å². The fourth-order valence-corrected chi connectivity index (χ4v) is 4.82. The Labute approximate surface area is 158 Å². The first-order valence-electron chi connectivity index (χ1n) is 8.88. The average Bonchev–Trinajstić information content (AvgIpc) is 3.35. The van der Waals surface area contributed by atoms with Gasteiger partial charge >= 0.3 is 0 Å². The van der Waals surface area contributed by atoms with E-state index in [0.29, 0.717) is 42.6 Å². The van der Waals surface area contributed by atoms with Gasteiger partial charge in [-0.3, -0.25) is 0 Å². The quantitative estimate of drug-likeness (QED) is 0.680. The number of nitrogens with zero attached hydrogens (tertiary/aromatic N) is 3. The zero-order valence-electron chi connectivity index (χ0n) is 15.3. The topological polar surface area (TPSA) is 89.4 Å². The molecule has 0 bridgehead atoms. The molecule has 0 aliphatic carbocycles. The van der Waals surface area contributed by atoms with E-state index in [1.165, 1.54) is 0 Å². The highest BCUT2D eigenvalue weighted by atomic mass is 32.2. The lowest BCUT2D eigenvalue weighted by atomic mass is 9.98. The van der Waals surface area contributed by atoms with Crippen molar-refractivity contribution >= 4 is 10.0 Å². The van der Waals surface area contributed by atoms with Crippen molar-refractivity contribution in [3.05, 3.63) is 53.8 Å². The molecule has 1 aliphatic rings. The summed E-state index contributed by atoms with van der Waals surface area (Å²) < 4.78 is 38.2. The first-order valence-corrected chi connectivity index (χ1v) is 10.3. The average molecular weight is 387 g/mol. The second kappa shape index (κ2) is 6.94. The summed E-state index contributed by atoms with van der Waals surface area (Å²) in [6, 6.07) is 7.03. The predicted octanol–water partition coefficient (Wildman–Crippen LogP) is 3.51. The number of sulfonamides is 1. The summed E-state index contributed by atoms with van der Waals surface area (Å²) in [7, 11) is -3.48. The maximum absolute atomic E-state index is 12.9. The molecule has 0 radical (unpaired) electrons. The molecule has 0 N–H and O–H groups in total. The smallest absolute Gasteiger partial charge is 0.250 e. The third kappa shape index (κ3) is 3.42. The van der Waals surface area contributed by atoms with Crippen molar-refractivity contribution in [1.82, 2.24) is 14.5 Å². The summed E-state index contributed by atoms with van der Waals surface area (Å²) in [4.78, 5) is 0.351. The first kappa shape index (κ1) is 17.9. The van der Waals surface area contributed by atoms with Gasteiger partial charge in [0.1, 0.15) is 6.26 Å². The summed E-state index contributed by atoms with van der Waals surface area (Å²) in [5.41, 5.74) is 2.80. The van der Waals surface area contributed by atoms with E-state index in [1.54, 1.807) is 35.0 Å². The molecule has 142 valence electrons. The zero-order chi connectivity index (χ0) is 19.0. The van der Waals surface area contributed by atoms with Crippen LogP contribution in [0.5, 0.6) is 0 Å². The molecule has 8 heteroatoms. The van der Waals surface area contributed by atoms with Crippen LogP contribution in [-0.2, 0) is 10.0 Å². The molecule has 3 aromatic rings. The van der Waals surface area contributed by atoms with Crippen LogP contribution in [0.25, 0.3) is 11.5 Å². The number of hydrogen-bond donors (Lipinski definition) is 0. The van der Waals surface area contributed by atoms with Crippen molar-refractivity contribution in [1.29, 1.82) is 0 Å². The van der Waals surface area contributed by atoms with Gasteiger partial charge in [-0.1, -0.05) is 6.07 Å². The molecule has 0 unspecified atom stereocenters. The van der Waals surface area contributed by atoms with E-state index in [4.69, 9.17) is 8.83 Å². The normalized spacial score (nSPS) is 16.7. The molecule has 4 rings (SSSR count). The lowest BCUT2D eigenvalue weighted by Crippen LogP contribution is -2.38. The maximum atomic E-state index is 12.9. The monoisotopic (exact) mass is 387 g/mol. The SMILES string of the molecule is Cc1ccc(S(=O)(=O)N2CCC(c3nnc(-c4ccoc4)o3)CC2)cc1C. The summed E-state index contributed by atoms with van der Waals surface area (Å²) >= 11 is 0. The summed E-state index contributed by atoms with van der Waals surface area (Å²) in [5.74, 6) is 1.03. The van der Waals surface area contributed by atoms with Crippen LogP contribution in [0.3, 0.4) is 0 Å². The molecule has 27 heavy (non-hydrogen) atoms. The van der Waals surface area contributed by atoms with Crippen LogP contribution in [-0.4, -0.2) is 36.0 Å². The largest absolute Gasteiger partial charge is 0.472 e. The van der Waals surface area contributed by atoms with Crippen molar-refractivity contribution in [2.45, 2.75) is 37.5 Å². The van der Waals surface area contributed by atoms with Crippen LogP contribution < -0.4 is 0 Å². The van der Waals surface area contributed by atoms with Crippen LogP contribution in [0, 0.1) is 13.8 Å². The molecule has 0 atom stereocenters. The van der Waals surface area contributed by atoms with Crippen molar-refractivity contribution in [3.63, 3.8) is 0 Å². The van der Waals surface area contributed by atoms with E-state index in [0.717, 1.165) is 16.7 Å². The number of benzene rings is 1. The van der Waals surface area contributed by atoms with Crippen LogP contribution in [0.2, 0.25) is 0 Å². The molecular weight excluding hydrogens is 366 g/mol. The molecule has 0 amide bonds. The molecule has 1 saturated heterocycles. The Morgan fingerprint density at radius 1 is 1.07 bits per heavy atom. The Balaban J connectivity index is 1.46. The lowest BCUT2D eigenvalue weighted by Gasteiger charge is -2.29. The number of rotatable bonds is 4. The minimum atomic E-state index is -3.48. The standard InChI is InChI=1S/C19H21N3O4S/c1-13-3-4-17(11-14(13)2)27(23,24)22-8-5-15(6-9-22)18-20-21-19(26-18)16-7-10-25-12-16/h3-4,7,10-12,15H,5-6,8-9H2,1-2H3. The summed E-state index contributed by atoms with van der Waals surface area (Å²) in [6.45, 7) is 4.76. The van der Waals surface area contributed by atoms with Crippen molar-refractivity contribution < 1.29 is 17.3 Å². The highest BCUT2D eigenvalue weighted by molar-refractivity contribution is 7.89. The number of piperidine rings is 1. The van der Waals surface area contributed by atoms with Crippen molar-refractivity contribution in [3.8, 4) is 11.5 Å². The van der Waals surface area contributed by atoms with E-state index < -0.39 is 10.0 Å². The molecule has 2 aromatic heterocycles. The number of furan rings is 1. The van der Waals surface area contributed by atoms with E-state index in [9.17, 15) is 8.42 Å². The van der Waals surface area contributed by atoms with E-state index in [1.807, 2.05) is 19.9 Å². The van der Waals surface area contributed by atoms with Crippen LogP contribution in [0.1, 0.15) is 35.8 Å². The van der Waals surface area contributed by atoms with Crippen molar-refractivity contribution in [2.24, 2.45) is 0 Å². The second-order valence-corrected chi connectivity index (χ2v) is 8.82. The van der Waals surface area contributed by atoms with Crippen LogP contribution >= 0.6 is 0 Å². The van der Waals surface area contributed by atoms with Gasteiger partial charge in [-0.15, -0.1) is 10.2 Å². The first-order chi connectivity index (χ1) is 12.9. The van der Waals surface area contributed by atoms with Gasteiger partial charge in [-0.25, -0.2) is 8.42 Å². The Morgan fingerprint density at radius 3 is 2.52 bits per heavy atom. The molecule has 1 fully saturated rings. The van der Waals surface area contributed by atoms with Crippen LogP contribution in [0.4, 0.5) is 0 Å². The summed E-state index contributed by atoms with van der Waals surface area (Å²) in [5, 5.41) is 8.19. The molecule has 1 aromatic carbocycles. The Hall–Kier alpha value is -2.45. The van der Waals surface area contributed by atoms with Gasteiger partial charge in [-0.2, -0.15) is 4.31 Å². The number of aryl methyl sites for hydroxylation is 2. The molecule has 3 heterocycles. The fraction of sp³-hybridized carbons (Fsp3) is 0.368. The van der Waals surface area contributed by atoms with E-state index >= 15 is 0 Å². The highest BCUT2D eigenvalue weighted by Crippen LogP contribution is 2.32. The Kier molecular flexibility index (Phi) is 4.61. The van der Waals surface area contributed by atoms with Gasteiger partial charge in [0.15, 0.2) is 0 Å². The predicted molar refractivity (Wildman–Crippen MR) is 98.6 cm³/mol. The Morgan fingerprint density at radius 2 is 1.85 bits per heavy atom. The maximum Gasteiger partial charge on any atom is 0.250 e. The zero-order valence-corrected chi connectivity index (χ0v) is 16.1. The molecule has 7 nitrogen and oxygen atoms in total. The highest BCUT2D eigenvalue weighted by Gasteiger charge is 2.32. The van der Waals surface area contributed by atoms with Gasteiger partial charge in [0.05, 0.1) is 16.7 Å². The molecule has 0 saturated carbocycles. The van der Waals surface area contributed by atoms with E-state index in [2.05, 4.69) is 10.2 Å². The number of aromatic nitrogens is 2. The van der Waals surface area contributed by atoms with E-state index in [-0.39, 0.29) is 5.92 Å². The molecular formula is C19H21N3O4S. The lowest BCUT2D eigenvalue weighted by molar-refractivity contribution is 0.291. The van der Waals surface area contributed by atoms with Crippen molar-refractivity contribution in [2.75, 3.05) is 13.1 Å².